The second kappa shape index (κ2) is 7.82. The fourth-order valence-corrected chi connectivity index (χ4v) is 2.62. The summed E-state index contributed by atoms with van der Waals surface area (Å²) in [5.41, 5.74) is 1.16. The highest BCUT2D eigenvalue weighted by Gasteiger charge is 2.30. The Labute approximate surface area is 130 Å². The van der Waals surface area contributed by atoms with Crippen molar-refractivity contribution in [2.45, 2.75) is 32.6 Å². The van der Waals surface area contributed by atoms with Gasteiger partial charge in [0.05, 0.1) is 12.5 Å². The Bertz CT molecular complexity index is 529. The molecule has 0 aromatic heterocycles. The SMILES string of the molecule is Cc1cccc(OCCCCC(=O)N2CC[C@@H](C(=O)O)C2)c1. The van der Waals surface area contributed by atoms with Crippen LogP contribution in [0.3, 0.4) is 0 Å². The summed E-state index contributed by atoms with van der Waals surface area (Å²) in [6, 6.07) is 7.89. The molecule has 1 saturated heterocycles. The number of carboxylic acids is 1. The van der Waals surface area contributed by atoms with Crippen molar-refractivity contribution >= 4 is 11.9 Å². The first kappa shape index (κ1) is 16.3. The monoisotopic (exact) mass is 305 g/mol. The quantitative estimate of drug-likeness (QED) is 0.786. The van der Waals surface area contributed by atoms with Crippen molar-refractivity contribution in [3.63, 3.8) is 0 Å². The zero-order chi connectivity index (χ0) is 15.9. The van der Waals surface area contributed by atoms with E-state index in [2.05, 4.69) is 0 Å². The average molecular weight is 305 g/mol. The number of aryl methyl sites for hydroxylation is 1. The van der Waals surface area contributed by atoms with E-state index >= 15 is 0 Å². The number of amides is 1. The molecule has 5 heteroatoms. The summed E-state index contributed by atoms with van der Waals surface area (Å²) >= 11 is 0. The second-order valence-electron chi connectivity index (χ2n) is 5.79. The minimum atomic E-state index is -0.804. The Morgan fingerprint density at radius 3 is 2.86 bits per heavy atom. The van der Waals surface area contributed by atoms with Gasteiger partial charge in [-0.05, 0) is 43.9 Å². The molecule has 0 saturated carbocycles. The van der Waals surface area contributed by atoms with Gasteiger partial charge >= 0.3 is 5.97 Å². The highest BCUT2D eigenvalue weighted by atomic mass is 16.5. The van der Waals surface area contributed by atoms with Crippen LogP contribution in [0.15, 0.2) is 24.3 Å². The molecule has 1 N–H and O–H groups in total. The lowest BCUT2D eigenvalue weighted by Crippen LogP contribution is -2.29. The van der Waals surface area contributed by atoms with Crippen molar-refractivity contribution in [3.05, 3.63) is 29.8 Å². The molecule has 5 nitrogen and oxygen atoms in total. The first-order chi connectivity index (χ1) is 10.6. The smallest absolute Gasteiger partial charge is 0.308 e. The van der Waals surface area contributed by atoms with E-state index in [9.17, 15) is 9.59 Å². The Kier molecular flexibility index (Phi) is 5.81. The molecule has 1 atom stereocenters. The summed E-state index contributed by atoms with van der Waals surface area (Å²) in [6.07, 6.45) is 2.61. The maximum atomic E-state index is 12.0. The van der Waals surface area contributed by atoms with E-state index in [4.69, 9.17) is 9.84 Å². The number of carbonyl (C=O) groups is 2. The van der Waals surface area contributed by atoms with E-state index < -0.39 is 11.9 Å². The molecule has 1 heterocycles. The summed E-state index contributed by atoms with van der Waals surface area (Å²) in [5, 5.41) is 8.93. The molecule has 0 spiro atoms. The van der Waals surface area contributed by atoms with Crippen molar-refractivity contribution in [1.82, 2.24) is 4.90 Å². The molecule has 1 aromatic rings. The number of hydrogen-bond donors (Lipinski definition) is 1. The molecule has 0 radical (unpaired) electrons. The number of benzene rings is 1. The van der Waals surface area contributed by atoms with Crippen LogP contribution < -0.4 is 4.74 Å². The Balaban J connectivity index is 1.61. The summed E-state index contributed by atoms with van der Waals surface area (Å²) in [4.78, 5) is 24.5. The number of hydrogen-bond acceptors (Lipinski definition) is 3. The Hall–Kier alpha value is -2.04. The van der Waals surface area contributed by atoms with E-state index in [-0.39, 0.29) is 5.91 Å². The third-order valence-corrected chi connectivity index (χ3v) is 3.93. The van der Waals surface area contributed by atoms with E-state index in [1.807, 2.05) is 31.2 Å². The molecule has 22 heavy (non-hydrogen) atoms. The van der Waals surface area contributed by atoms with Gasteiger partial charge in [0, 0.05) is 19.5 Å². The van der Waals surface area contributed by atoms with Crippen molar-refractivity contribution < 1.29 is 19.4 Å². The first-order valence-electron chi connectivity index (χ1n) is 7.76. The molecule has 1 aliphatic rings. The molecule has 2 rings (SSSR count). The largest absolute Gasteiger partial charge is 0.494 e. The van der Waals surface area contributed by atoms with Gasteiger partial charge < -0.3 is 14.7 Å². The number of carboxylic acid groups (broad SMARTS) is 1. The van der Waals surface area contributed by atoms with Crippen LogP contribution >= 0.6 is 0 Å². The van der Waals surface area contributed by atoms with Crippen LogP contribution in [-0.2, 0) is 9.59 Å². The van der Waals surface area contributed by atoms with Crippen LogP contribution in [0.5, 0.6) is 5.75 Å². The van der Waals surface area contributed by atoms with Gasteiger partial charge in [-0.15, -0.1) is 0 Å². The predicted octanol–water partition coefficient (Wildman–Crippen LogP) is 2.48. The number of rotatable bonds is 7. The molecule has 1 amide bonds. The zero-order valence-corrected chi connectivity index (χ0v) is 13.0. The van der Waals surface area contributed by atoms with Crippen LogP contribution in [0.4, 0.5) is 0 Å². The predicted molar refractivity (Wildman–Crippen MR) is 82.8 cm³/mol. The van der Waals surface area contributed by atoms with Gasteiger partial charge in [-0.1, -0.05) is 12.1 Å². The maximum Gasteiger partial charge on any atom is 0.308 e. The van der Waals surface area contributed by atoms with Gasteiger partial charge in [-0.25, -0.2) is 0 Å². The standard InChI is InChI=1S/C17H23NO4/c1-13-5-4-6-15(11-13)22-10-3-2-7-16(19)18-9-8-14(12-18)17(20)21/h4-6,11,14H,2-3,7-10,12H2,1H3,(H,20,21)/t14-/m1/s1. The molecule has 1 aliphatic heterocycles. The number of nitrogens with zero attached hydrogens (tertiary/aromatic N) is 1. The highest BCUT2D eigenvalue weighted by Crippen LogP contribution is 2.18. The lowest BCUT2D eigenvalue weighted by atomic mass is 10.1. The van der Waals surface area contributed by atoms with Gasteiger partial charge in [-0.3, -0.25) is 9.59 Å². The van der Waals surface area contributed by atoms with Crippen LogP contribution in [0.2, 0.25) is 0 Å². The lowest BCUT2D eigenvalue weighted by molar-refractivity contribution is -0.141. The number of unbranched alkanes of at least 4 members (excludes halogenated alkanes) is 1. The molecular formula is C17H23NO4. The number of ether oxygens (including phenoxy) is 1. The lowest BCUT2D eigenvalue weighted by Gasteiger charge is -2.15. The number of aliphatic carboxylic acids is 1. The van der Waals surface area contributed by atoms with Crippen LogP contribution in [0, 0.1) is 12.8 Å². The van der Waals surface area contributed by atoms with Gasteiger partial charge in [0.15, 0.2) is 0 Å². The van der Waals surface area contributed by atoms with Crippen LogP contribution in [-0.4, -0.2) is 41.6 Å². The molecule has 1 fully saturated rings. The molecule has 120 valence electrons. The fraction of sp³-hybridized carbons (Fsp3) is 0.529. The number of carbonyl (C=O) groups excluding carboxylic acids is 1. The molecule has 0 aliphatic carbocycles. The average Bonchev–Trinajstić information content (AvgIpc) is 2.97. The Morgan fingerprint density at radius 2 is 2.18 bits per heavy atom. The molecule has 0 bridgehead atoms. The van der Waals surface area contributed by atoms with Gasteiger partial charge in [0.25, 0.3) is 0 Å². The fourth-order valence-electron chi connectivity index (χ4n) is 2.62. The second-order valence-corrected chi connectivity index (χ2v) is 5.79. The van der Waals surface area contributed by atoms with Crippen molar-refractivity contribution in [2.24, 2.45) is 5.92 Å². The summed E-state index contributed by atoms with van der Waals surface area (Å²) in [5.74, 6) is -0.287. The van der Waals surface area contributed by atoms with Gasteiger partial charge in [0.2, 0.25) is 5.91 Å². The number of likely N-dealkylation sites (tertiary alicyclic amines) is 1. The van der Waals surface area contributed by atoms with E-state index in [0.29, 0.717) is 32.5 Å². The zero-order valence-electron chi connectivity index (χ0n) is 13.0. The maximum absolute atomic E-state index is 12.0. The van der Waals surface area contributed by atoms with E-state index in [1.165, 1.54) is 0 Å². The first-order valence-corrected chi connectivity index (χ1v) is 7.76. The van der Waals surface area contributed by atoms with Crippen LogP contribution in [0.1, 0.15) is 31.2 Å². The Morgan fingerprint density at radius 1 is 1.36 bits per heavy atom. The third kappa shape index (κ3) is 4.76. The topological polar surface area (TPSA) is 66.8 Å². The summed E-state index contributed by atoms with van der Waals surface area (Å²) in [7, 11) is 0. The van der Waals surface area contributed by atoms with Gasteiger partial charge in [-0.2, -0.15) is 0 Å². The molecule has 1 aromatic carbocycles. The van der Waals surface area contributed by atoms with Gasteiger partial charge in [0.1, 0.15) is 5.75 Å². The van der Waals surface area contributed by atoms with Crippen molar-refractivity contribution in [1.29, 1.82) is 0 Å². The third-order valence-electron chi connectivity index (χ3n) is 3.93. The molecular weight excluding hydrogens is 282 g/mol. The van der Waals surface area contributed by atoms with Crippen molar-refractivity contribution in [3.8, 4) is 5.75 Å². The summed E-state index contributed by atoms with van der Waals surface area (Å²) in [6.45, 7) is 3.53. The van der Waals surface area contributed by atoms with E-state index in [0.717, 1.165) is 24.2 Å². The molecule has 0 unspecified atom stereocenters. The summed E-state index contributed by atoms with van der Waals surface area (Å²) < 4.78 is 5.64. The normalized spacial score (nSPS) is 17.5. The van der Waals surface area contributed by atoms with Crippen molar-refractivity contribution in [2.75, 3.05) is 19.7 Å². The highest BCUT2D eigenvalue weighted by molar-refractivity contribution is 5.78. The van der Waals surface area contributed by atoms with E-state index in [1.54, 1.807) is 4.90 Å². The minimum absolute atomic E-state index is 0.0549. The van der Waals surface area contributed by atoms with Crippen LogP contribution in [0.25, 0.3) is 0 Å². The minimum Gasteiger partial charge on any atom is -0.494 e.